The second kappa shape index (κ2) is 10.1. The van der Waals surface area contributed by atoms with Crippen molar-refractivity contribution >= 4 is 18.4 Å². The fourth-order valence-corrected chi connectivity index (χ4v) is 13.4. The van der Waals surface area contributed by atoms with Gasteiger partial charge in [0, 0.05) is 12.0 Å². The van der Waals surface area contributed by atoms with Crippen LogP contribution in [0.15, 0.2) is 11.8 Å². The summed E-state index contributed by atoms with van der Waals surface area (Å²) in [7, 11) is -7.73. The third kappa shape index (κ3) is 5.12. The molecule has 0 aromatic heterocycles. The summed E-state index contributed by atoms with van der Waals surface area (Å²) in [6.07, 6.45) is 5.08. The number of halogens is 3. The molecule has 0 saturated heterocycles. The van der Waals surface area contributed by atoms with E-state index in [1.54, 1.807) is 6.08 Å². The zero-order valence-electron chi connectivity index (χ0n) is 22.4. The minimum absolute atomic E-state index is 0.0176. The summed E-state index contributed by atoms with van der Waals surface area (Å²) in [5, 5.41) is 0. The summed E-state index contributed by atoms with van der Waals surface area (Å²) in [4.78, 5) is 0. The molecule has 2 rings (SSSR count). The molecular weight excluding hydrogens is 481 g/mol. The van der Waals surface area contributed by atoms with Gasteiger partial charge in [-0.1, -0.05) is 62.3 Å². The zero-order chi connectivity index (χ0) is 26.3. The maximum atomic E-state index is 13.1. The first-order chi connectivity index (χ1) is 15.4. The quantitative estimate of drug-likeness (QED) is 0.173. The summed E-state index contributed by atoms with van der Waals surface area (Å²) < 4.78 is 74.5. The van der Waals surface area contributed by atoms with E-state index in [2.05, 4.69) is 55.4 Å². The van der Waals surface area contributed by atoms with E-state index in [1.807, 2.05) is 6.92 Å². The standard InChI is InChI=1S/C25H45F3O4SSi/c1-17(2)34(18(3)4,19(5)6)31-16-15-23(8)20(7)13-14-24(9)21(23)11-10-12-22(24)32-33(29,30)25(26,27)28/h12,17-21H,10-11,13-16H2,1-9H3/t20-,21+,23-,24+/m1/s1. The van der Waals surface area contributed by atoms with Crippen LogP contribution in [0.25, 0.3) is 0 Å². The van der Waals surface area contributed by atoms with E-state index in [-0.39, 0.29) is 17.1 Å². The summed E-state index contributed by atoms with van der Waals surface area (Å²) in [5.74, 6) is 0.334. The molecule has 0 aliphatic heterocycles. The minimum Gasteiger partial charge on any atom is -0.416 e. The SMILES string of the molecule is CC(C)[Si](OCC[C@]1(C)[C@H](C)CC[C@]2(C)C(OS(=O)(=O)C(F)(F)F)=CCC[C@@H]12)(C(C)C)C(C)C. The Morgan fingerprint density at radius 2 is 1.59 bits per heavy atom. The fraction of sp³-hybridized carbons (Fsp3) is 0.920. The number of allylic oxidation sites excluding steroid dienone is 2. The molecule has 0 aromatic carbocycles. The number of rotatable bonds is 9. The van der Waals surface area contributed by atoms with Gasteiger partial charge < -0.3 is 8.61 Å². The lowest BCUT2D eigenvalue weighted by Crippen LogP contribution is -2.52. The number of hydrogen-bond acceptors (Lipinski definition) is 4. The highest BCUT2D eigenvalue weighted by atomic mass is 32.2. The Balaban J connectivity index is 2.32. The topological polar surface area (TPSA) is 52.6 Å². The van der Waals surface area contributed by atoms with E-state index < -0.39 is 29.4 Å². The first kappa shape index (κ1) is 29.7. The lowest BCUT2D eigenvalue weighted by Gasteiger charge is -2.57. The van der Waals surface area contributed by atoms with Crippen molar-refractivity contribution in [2.24, 2.45) is 22.7 Å². The van der Waals surface area contributed by atoms with Gasteiger partial charge in [0.1, 0.15) is 5.76 Å². The third-order valence-electron chi connectivity index (χ3n) is 9.32. The number of fused-ring (bicyclic) bond motifs is 1. The van der Waals surface area contributed by atoms with Gasteiger partial charge in [-0.15, -0.1) is 0 Å². The van der Waals surface area contributed by atoms with Crippen LogP contribution in [0.4, 0.5) is 13.2 Å². The van der Waals surface area contributed by atoms with E-state index >= 15 is 0 Å². The predicted octanol–water partition coefficient (Wildman–Crippen LogP) is 8.17. The molecule has 0 N–H and O–H groups in total. The van der Waals surface area contributed by atoms with Gasteiger partial charge >= 0.3 is 15.6 Å². The molecule has 0 bridgehead atoms. The first-order valence-corrected chi connectivity index (χ1v) is 16.3. The van der Waals surface area contributed by atoms with Crippen molar-refractivity contribution in [2.45, 2.75) is 117 Å². The molecule has 34 heavy (non-hydrogen) atoms. The summed E-state index contributed by atoms with van der Waals surface area (Å²) in [6, 6.07) is 0. The van der Waals surface area contributed by atoms with E-state index in [0.29, 0.717) is 42.0 Å². The highest BCUT2D eigenvalue weighted by Crippen LogP contribution is 2.62. The Morgan fingerprint density at radius 3 is 2.06 bits per heavy atom. The van der Waals surface area contributed by atoms with Crippen molar-refractivity contribution in [3.05, 3.63) is 11.8 Å². The molecule has 0 aromatic rings. The summed E-state index contributed by atoms with van der Waals surface area (Å²) in [6.45, 7) is 20.5. The van der Waals surface area contributed by atoms with Crippen LogP contribution in [0.1, 0.15) is 94.4 Å². The molecule has 0 amide bonds. The zero-order valence-corrected chi connectivity index (χ0v) is 24.2. The second-order valence-electron chi connectivity index (χ2n) is 12.0. The monoisotopic (exact) mass is 526 g/mol. The lowest BCUT2D eigenvalue weighted by atomic mass is 9.48. The van der Waals surface area contributed by atoms with Gasteiger partial charge in [-0.2, -0.15) is 21.6 Å². The summed E-state index contributed by atoms with van der Waals surface area (Å²) in [5.41, 5.74) is -4.96. The molecule has 4 nitrogen and oxygen atoms in total. The molecule has 2 aliphatic carbocycles. The molecule has 0 heterocycles. The van der Waals surface area contributed by atoms with Crippen LogP contribution in [-0.2, 0) is 18.7 Å². The Morgan fingerprint density at radius 1 is 1.06 bits per heavy atom. The number of hydrogen-bond donors (Lipinski definition) is 0. The molecule has 1 saturated carbocycles. The van der Waals surface area contributed by atoms with Gasteiger partial charge in [-0.3, -0.25) is 0 Å². The molecule has 200 valence electrons. The van der Waals surface area contributed by atoms with Crippen LogP contribution in [0.3, 0.4) is 0 Å². The minimum atomic E-state index is -5.69. The van der Waals surface area contributed by atoms with E-state index in [1.165, 1.54) is 0 Å². The third-order valence-corrected chi connectivity index (χ3v) is 16.4. The number of alkyl halides is 3. The van der Waals surface area contributed by atoms with Gasteiger partial charge in [-0.25, -0.2) is 0 Å². The van der Waals surface area contributed by atoms with Crippen molar-refractivity contribution in [1.82, 2.24) is 0 Å². The van der Waals surface area contributed by atoms with Crippen LogP contribution < -0.4 is 0 Å². The average Bonchev–Trinajstić information content (AvgIpc) is 2.68. The van der Waals surface area contributed by atoms with Crippen LogP contribution >= 0.6 is 0 Å². The van der Waals surface area contributed by atoms with E-state index in [4.69, 9.17) is 8.61 Å². The van der Waals surface area contributed by atoms with Crippen LogP contribution in [0.2, 0.25) is 16.6 Å². The van der Waals surface area contributed by atoms with Gasteiger partial charge in [0.25, 0.3) is 0 Å². The normalized spacial score (nSPS) is 31.1. The lowest BCUT2D eigenvalue weighted by molar-refractivity contribution is -0.0762. The second-order valence-corrected chi connectivity index (χ2v) is 19.0. The molecule has 1 fully saturated rings. The first-order valence-electron chi connectivity index (χ1n) is 12.7. The highest BCUT2D eigenvalue weighted by Gasteiger charge is 2.58. The molecule has 0 radical (unpaired) electrons. The van der Waals surface area contributed by atoms with Crippen molar-refractivity contribution < 1.29 is 30.2 Å². The Bertz CT molecular complexity index is 831. The van der Waals surface area contributed by atoms with E-state index in [9.17, 15) is 21.6 Å². The molecule has 9 heteroatoms. The van der Waals surface area contributed by atoms with Gasteiger partial charge in [-0.05, 0) is 72.1 Å². The van der Waals surface area contributed by atoms with Crippen molar-refractivity contribution in [3.8, 4) is 0 Å². The maximum Gasteiger partial charge on any atom is 0.534 e. The van der Waals surface area contributed by atoms with Gasteiger partial charge in [0.2, 0.25) is 0 Å². The molecule has 0 unspecified atom stereocenters. The summed E-state index contributed by atoms with van der Waals surface area (Å²) >= 11 is 0. The Hall–Kier alpha value is -0.543. The fourth-order valence-electron chi connectivity index (χ4n) is 7.31. The average molecular weight is 527 g/mol. The van der Waals surface area contributed by atoms with Crippen LogP contribution in [-0.4, -0.2) is 28.9 Å². The molecule has 0 spiro atoms. The maximum absolute atomic E-state index is 13.1. The predicted molar refractivity (Wildman–Crippen MR) is 133 cm³/mol. The van der Waals surface area contributed by atoms with Crippen molar-refractivity contribution in [3.63, 3.8) is 0 Å². The molecule has 4 atom stereocenters. The van der Waals surface area contributed by atoms with Crippen LogP contribution in [0, 0.1) is 22.7 Å². The van der Waals surface area contributed by atoms with Crippen molar-refractivity contribution in [2.75, 3.05) is 6.61 Å². The van der Waals surface area contributed by atoms with Gasteiger partial charge in [0.05, 0.1) is 0 Å². The Kier molecular flexibility index (Phi) is 8.80. The van der Waals surface area contributed by atoms with Gasteiger partial charge in [0.15, 0.2) is 8.32 Å². The largest absolute Gasteiger partial charge is 0.534 e. The highest BCUT2D eigenvalue weighted by molar-refractivity contribution is 7.87. The van der Waals surface area contributed by atoms with E-state index in [0.717, 1.165) is 19.3 Å². The van der Waals surface area contributed by atoms with Crippen LogP contribution in [0.5, 0.6) is 0 Å². The smallest absolute Gasteiger partial charge is 0.416 e. The molecular formula is C25H45F3O4SSi. The van der Waals surface area contributed by atoms with Crippen molar-refractivity contribution in [1.29, 1.82) is 0 Å². The molecule has 2 aliphatic rings. The Labute approximate surface area is 206 Å².